The molecule has 1 unspecified atom stereocenters. The minimum absolute atomic E-state index is 0. The summed E-state index contributed by atoms with van der Waals surface area (Å²) < 4.78 is 0. The molecule has 1 atom stereocenters. The van der Waals surface area contributed by atoms with Gasteiger partial charge in [0.15, 0.2) is 0 Å². The average Bonchev–Trinajstić information content (AvgIpc) is 2.46. The number of aromatic nitrogens is 1. The van der Waals surface area contributed by atoms with E-state index in [1.165, 1.54) is 0 Å². The van der Waals surface area contributed by atoms with E-state index >= 15 is 0 Å². The van der Waals surface area contributed by atoms with Gasteiger partial charge in [-0.15, -0.1) is 24.8 Å². The number of halogens is 2. The summed E-state index contributed by atoms with van der Waals surface area (Å²) in [6.07, 6.45) is 1.71. The molecule has 0 saturated carbocycles. The molecule has 1 aromatic heterocycles. The molecule has 1 aliphatic heterocycles. The number of benzene rings is 1. The maximum atomic E-state index is 12.6. The minimum Gasteiger partial charge on any atom is -0.334 e. The second-order valence-electron chi connectivity index (χ2n) is 4.99. The van der Waals surface area contributed by atoms with Gasteiger partial charge in [-0.3, -0.25) is 9.78 Å². The van der Waals surface area contributed by atoms with E-state index in [-0.39, 0.29) is 30.7 Å². The van der Waals surface area contributed by atoms with E-state index in [1.54, 1.807) is 6.20 Å². The SMILES string of the molecule is CC1CN(C(=O)c2nccc3ccccc23)CCN1.Cl.Cl. The Morgan fingerprint density at radius 2 is 2.05 bits per heavy atom. The fourth-order valence-electron chi connectivity index (χ4n) is 2.56. The Morgan fingerprint density at radius 1 is 1.29 bits per heavy atom. The maximum Gasteiger partial charge on any atom is 0.273 e. The summed E-state index contributed by atoms with van der Waals surface area (Å²) in [4.78, 5) is 18.8. The van der Waals surface area contributed by atoms with Gasteiger partial charge in [-0.2, -0.15) is 0 Å². The van der Waals surface area contributed by atoms with Crippen LogP contribution in [0.5, 0.6) is 0 Å². The molecule has 2 aromatic rings. The molecule has 0 spiro atoms. The second-order valence-corrected chi connectivity index (χ2v) is 4.99. The molecule has 1 aliphatic rings. The lowest BCUT2D eigenvalue weighted by molar-refractivity contribution is 0.0705. The highest BCUT2D eigenvalue weighted by atomic mass is 35.5. The zero-order valence-corrected chi connectivity index (χ0v) is 13.4. The van der Waals surface area contributed by atoms with Gasteiger partial charge in [0, 0.05) is 37.3 Å². The van der Waals surface area contributed by atoms with Crippen LogP contribution in [0, 0.1) is 0 Å². The number of piperazine rings is 1. The lowest BCUT2D eigenvalue weighted by atomic mass is 10.1. The van der Waals surface area contributed by atoms with Crippen molar-refractivity contribution in [3.8, 4) is 0 Å². The summed E-state index contributed by atoms with van der Waals surface area (Å²) in [5, 5.41) is 5.33. The smallest absolute Gasteiger partial charge is 0.273 e. The highest BCUT2D eigenvalue weighted by Gasteiger charge is 2.23. The first-order valence-electron chi connectivity index (χ1n) is 6.62. The number of pyridine rings is 1. The molecule has 0 bridgehead atoms. The van der Waals surface area contributed by atoms with E-state index in [4.69, 9.17) is 0 Å². The van der Waals surface area contributed by atoms with Crippen LogP contribution in [0.3, 0.4) is 0 Å². The molecule has 1 aromatic carbocycles. The second kappa shape index (κ2) is 7.59. The van der Waals surface area contributed by atoms with Crippen molar-refractivity contribution in [2.24, 2.45) is 0 Å². The number of carbonyl (C=O) groups excluding carboxylic acids is 1. The van der Waals surface area contributed by atoms with E-state index in [2.05, 4.69) is 17.2 Å². The molecule has 2 heterocycles. The number of hydrogen-bond donors (Lipinski definition) is 1. The molecule has 0 radical (unpaired) electrons. The zero-order chi connectivity index (χ0) is 13.2. The van der Waals surface area contributed by atoms with Crippen molar-refractivity contribution in [2.75, 3.05) is 19.6 Å². The van der Waals surface area contributed by atoms with Crippen LogP contribution in [0.25, 0.3) is 10.8 Å². The van der Waals surface area contributed by atoms with Crippen molar-refractivity contribution in [1.29, 1.82) is 0 Å². The van der Waals surface area contributed by atoms with Crippen molar-refractivity contribution in [3.05, 3.63) is 42.2 Å². The Morgan fingerprint density at radius 3 is 2.81 bits per heavy atom. The van der Waals surface area contributed by atoms with E-state index < -0.39 is 0 Å². The monoisotopic (exact) mass is 327 g/mol. The van der Waals surface area contributed by atoms with Gasteiger partial charge >= 0.3 is 0 Å². The summed E-state index contributed by atoms with van der Waals surface area (Å²) >= 11 is 0. The van der Waals surface area contributed by atoms with Crippen LogP contribution in [-0.4, -0.2) is 41.5 Å². The Kier molecular flexibility index (Phi) is 6.40. The Hall–Kier alpha value is -1.36. The molecule has 6 heteroatoms. The normalized spacial score (nSPS) is 17.8. The van der Waals surface area contributed by atoms with Gasteiger partial charge in [-0.1, -0.05) is 24.3 Å². The van der Waals surface area contributed by atoms with Gasteiger partial charge in [-0.25, -0.2) is 0 Å². The van der Waals surface area contributed by atoms with Crippen LogP contribution in [0.1, 0.15) is 17.4 Å². The third-order valence-electron chi connectivity index (χ3n) is 3.53. The van der Waals surface area contributed by atoms with Gasteiger partial charge < -0.3 is 10.2 Å². The fourth-order valence-corrected chi connectivity index (χ4v) is 2.56. The number of amides is 1. The average molecular weight is 328 g/mol. The van der Waals surface area contributed by atoms with Gasteiger partial charge in [0.1, 0.15) is 5.69 Å². The van der Waals surface area contributed by atoms with Gasteiger partial charge in [0.05, 0.1) is 0 Å². The molecule has 0 aliphatic carbocycles. The van der Waals surface area contributed by atoms with Crippen molar-refractivity contribution < 1.29 is 4.79 Å². The summed E-state index contributed by atoms with van der Waals surface area (Å²) in [5.41, 5.74) is 0.562. The van der Waals surface area contributed by atoms with E-state index in [1.807, 2.05) is 35.2 Å². The topological polar surface area (TPSA) is 45.2 Å². The third-order valence-corrected chi connectivity index (χ3v) is 3.53. The van der Waals surface area contributed by atoms with Crippen molar-refractivity contribution in [2.45, 2.75) is 13.0 Å². The molecule has 21 heavy (non-hydrogen) atoms. The fraction of sp³-hybridized carbons (Fsp3) is 0.333. The largest absolute Gasteiger partial charge is 0.334 e. The number of fused-ring (bicyclic) bond motifs is 1. The third kappa shape index (κ3) is 3.64. The molecular formula is C15H19Cl2N3O. The predicted octanol–water partition coefficient (Wildman–Crippen LogP) is 2.51. The van der Waals surface area contributed by atoms with Crippen LogP contribution >= 0.6 is 24.8 Å². The maximum absolute atomic E-state index is 12.6. The van der Waals surface area contributed by atoms with Crippen LogP contribution in [0.4, 0.5) is 0 Å². The zero-order valence-electron chi connectivity index (χ0n) is 11.8. The minimum atomic E-state index is 0. The number of nitrogens with one attached hydrogen (secondary N) is 1. The highest BCUT2D eigenvalue weighted by Crippen LogP contribution is 2.18. The molecule has 1 fully saturated rings. The van der Waals surface area contributed by atoms with Crippen LogP contribution in [0.15, 0.2) is 36.5 Å². The van der Waals surface area contributed by atoms with Gasteiger partial charge in [0.2, 0.25) is 0 Å². The molecule has 4 nitrogen and oxygen atoms in total. The van der Waals surface area contributed by atoms with Crippen molar-refractivity contribution >= 4 is 41.5 Å². The van der Waals surface area contributed by atoms with E-state index in [0.29, 0.717) is 11.7 Å². The van der Waals surface area contributed by atoms with Gasteiger partial charge in [-0.05, 0) is 18.4 Å². The lowest BCUT2D eigenvalue weighted by Gasteiger charge is -2.31. The first-order chi connectivity index (χ1) is 9.25. The standard InChI is InChI=1S/C15H17N3O.2ClH/c1-11-10-18(9-8-16-11)15(19)14-13-5-3-2-4-12(13)6-7-17-14;;/h2-7,11,16H,8-10H2,1H3;2*1H. The number of hydrogen-bond acceptors (Lipinski definition) is 3. The summed E-state index contributed by atoms with van der Waals surface area (Å²) in [5.74, 6) is 0.0325. The molecule has 1 N–H and O–H groups in total. The van der Waals surface area contributed by atoms with Gasteiger partial charge in [0.25, 0.3) is 5.91 Å². The lowest BCUT2D eigenvalue weighted by Crippen LogP contribution is -2.51. The number of rotatable bonds is 1. The summed E-state index contributed by atoms with van der Waals surface area (Å²) in [7, 11) is 0. The Balaban J connectivity index is 0.00000110. The van der Waals surface area contributed by atoms with Crippen LogP contribution < -0.4 is 5.32 Å². The molecule has 3 rings (SSSR count). The molecule has 1 amide bonds. The first kappa shape index (κ1) is 17.7. The quantitative estimate of drug-likeness (QED) is 0.875. The number of nitrogens with zero attached hydrogens (tertiary/aromatic N) is 2. The first-order valence-corrected chi connectivity index (χ1v) is 6.62. The van der Waals surface area contributed by atoms with Crippen LogP contribution in [-0.2, 0) is 0 Å². The molecular weight excluding hydrogens is 309 g/mol. The summed E-state index contributed by atoms with van der Waals surface area (Å²) in [6, 6.07) is 10.2. The van der Waals surface area contributed by atoms with E-state index in [0.717, 1.165) is 30.4 Å². The Bertz CT molecular complexity index is 615. The van der Waals surface area contributed by atoms with Crippen LogP contribution in [0.2, 0.25) is 0 Å². The highest BCUT2D eigenvalue weighted by molar-refractivity contribution is 6.05. The molecule has 1 saturated heterocycles. The molecule has 114 valence electrons. The number of carbonyl (C=O) groups is 1. The van der Waals surface area contributed by atoms with Crippen molar-refractivity contribution in [1.82, 2.24) is 15.2 Å². The van der Waals surface area contributed by atoms with E-state index in [9.17, 15) is 4.79 Å². The predicted molar refractivity (Wildman–Crippen MR) is 89.6 cm³/mol. The summed E-state index contributed by atoms with van der Waals surface area (Å²) in [6.45, 7) is 4.42. The Labute approximate surface area is 136 Å². The van der Waals surface area contributed by atoms with Crippen molar-refractivity contribution in [3.63, 3.8) is 0 Å².